The molecule has 0 saturated carbocycles. The van der Waals surface area contributed by atoms with Crippen molar-refractivity contribution in [1.29, 1.82) is 0 Å². The Morgan fingerprint density at radius 2 is 2.00 bits per heavy atom. The van der Waals surface area contributed by atoms with Crippen LogP contribution in [0.2, 0.25) is 0 Å². The van der Waals surface area contributed by atoms with Crippen LogP contribution in [-0.4, -0.2) is 22.9 Å². The molecule has 0 N–H and O–H groups in total. The molecule has 1 spiro atoms. The number of hydrogen-bond acceptors (Lipinski definition) is 4. The molecule has 2 unspecified atom stereocenters. The molecule has 0 radical (unpaired) electrons. The lowest BCUT2D eigenvalue weighted by Gasteiger charge is -2.17. The summed E-state index contributed by atoms with van der Waals surface area (Å²) < 4.78 is 12.9. The number of amides is 2. The maximum absolute atomic E-state index is 12.9. The Bertz CT molecular complexity index is 589. The summed E-state index contributed by atoms with van der Waals surface area (Å²) in [6, 6.07) is 5.16. The van der Waals surface area contributed by atoms with Gasteiger partial charge in [0.05, 0.1) is 12.1 Å². The van der Waals surface area contributed by atoms with Crippen LogP contribution in [0.1, 0.15) is 12.8 Å². The molecule has 0 aliphatic carbocycles. The number of imide groups is 1. The van der Waals surface area contributed by atoms with Crippen molar-refractivity contribution in [2.45, 2.75) is 23.9 Å². The number of benzene rings is 1. The van der Waals surface area contributed by atoms with Gasteiger partial charge in [-0.25, -0.2) is 9.29 Å². The molecular formula is C12H9ClFN3O2. The third kappa shape index (κ3) is 1.83. The highest BCUT2D eigenvalue weighted by Gasteiger charge is 2.56. The van der Waals surface area contributed by atoms with Crippen molar-refractivity contribution < 1.29 is 14.0 Å². The minimum atomic E-state index is -1.17. The second kappa shape index (κ2) is 4.09. The number of alkyl halides is 1. The van der Waals surface area contributed by atoms with E-state index in [-0.39, 0.29) is 18.7 Å². The number of rotatable bonds is 1. The van der Waals surface area contributed by atoms with Crippen molar-refractivity contribution in [3.8, 4) is 0 Å². The van der Waals surface area contributed by atoms with E-state index >= 15 is 0 Å². The lowest BCUT2D eigenvalue weighted by Crippen LogP contribution is -2.38. The van der Waals surface area contributed by atoms with Gasteiger partial charge < -0.3 is 0 Å². The number of azo groups is 1. The fourth-order valence-electron chi connectivity index (χ4n) is 2.35. The van der Waals surface area contributed by atoms with Gasteiger partial charge in [0.15, 0.2) is 5.54 Å². The van der Waals surface area contributed by atoms with Crippen LogP contribution in [0.15, 0.2) is 34.5 Å². The van der Waals surface area contributed by atoms with Crippen LogP contribution in [0, 0.1) is 5.82 Å². The zero-order valence-electron chi connectivity index (χ0n) is 9.72. The highest BCUT2D eigenvalue weighted by Crippen LogP contribution is 2.40. The summed E-state index contributed by atoms with van der Waals surface area (Å²) in [4.78, 5) is 25.4. The number of halogens is 2. The summed E-state index contributed by atoms with van der Waals surface area (Å²) in [6.45, 7) is 0. The third-order valence-electron chi connectivity index (χ3n) is 3.26. The first-order valence-electron chi connectivity index (χ1n) is 5.71. The zero-order valence-corrected chi connectivity index (χ0v) is 10.5. The van der Waals surface area contributed by atoms with E-state index in [1.165, 1.54) is 24.3 Å². The quantitative estimate of drug-likeness (QED) is 0.450. The molecule has 1 aromatic carbocycles. The van der Waals surface area contributed by atoms with Crippen LogP contribution < -0.4 is 4.90 Å². The van der Waals surface area contributed by atoms with E-state index < -0.39 is 22.8 Å². The second-order valence-electron chi connectivity index (χ2n) is 4.57. The van der Waals surface area contributed by atoms with Crippen molar-refractivity contribution in [2.24, 2.45) is 10.2 Å². The van der Waals surface area contributed by atoms with Crippen molar-refractivity contribution in [1.82, 2.24) is 0 Å². The van der Waals surface area contributed by atoms with Gasteiger partial charge in [-0.05, 0) is 24.3 Å². The normalized spacial score (nSPS) is 29.8. The Kier molecular flexibility index (Phi) is 2.63. The monoisotopic (exact) mass is 281 g/mol. The van der Waals surface area contributed by atoms with Crippen molar-refractivity contribution in [3.63, 3.8) is 0 Å². The van der Waals surface area contributed by atoms with Crippen molar-refractivity contribution >= 4 is 29.1 Å². The Balaban J connectivity index is 1.96. The van der Waals surface area contributed by atoms with Gasteiger partial charge in [0.2, 0.25) is 5.91 Å². The minimum Gasteiger partial charge on any atom is -0.274 e. The van der Waals surface area contributed by atoms with E-state index in [0.717, 1.165) is 4.90 Å². The summed E-state index contributed by atoms with van der Waals surface area (Å²) in [5.74, 6) is -1.25. The minimum absolute atomic E-state index is 0.0457. The summed E-state index contributed by atoms with van der Waals surface area (Å²) in [7, 11) is 0. The largest absolute Gasteiger partial charge is 0.274 e. The molecule has 2 atom stereocenters. The predicted octanol–water partition coefficient (Wildman–Crippen LogP) is 2.25. The van der Waals surface area contributed by atoms with E-state index in [1.54, 1.807) is 0 Å². The molecule has 2 aliphatic heterocycles. The van der Waals surface area contributed by atoms with Gasteiger partial charge in [-0.15, -0.1) is 0 Å². The highest BCUT2D eigenvalue weighted by atomic mass is 35.5. The molecule has 2 amide bonds. The van der Waals surface area contributed by atoms with Crippen LogP contribution in [0.3, 0.4) is 0 Å². The van der Waals surface area contributed by atoms with Gasteiger partial charge in [0.25, 0.3) is 5.91 Å². The lowest BCUT2D eigenvalue weighted by molar-refractivity contribution is -0.122. The van der Waals surface area contributed by atoms with Gasteiger partial charge in [-0.3, -0.25) is 9.59 Å². The lowest BCUT2D eigenvalue weighted by atomic mass is 9.95. The molecule has 7 heteroatoms. The van der Waals surface area contributed by atoms with E-state index in [2.05, 4.69) is 10.2 Å². The van der Waals surface area contributed by atoms with E-state index in [1.807, 2.05) is 0 Å². The Labute approximate surface area is 113 Å². The SMILES string of the molecule is O=C1CC2(CC(Cl)N=N2)C(=O)N1c1ccc(F)cc1. The number of carbonyl (C=O) groups excluding carboxylic acids is 2. The Morgan fingerprint density at radius 3 is 2.58 bits per heavy atom. The number of anilines is 1. The molecule has 98 valence electrons. The second-order valence-corrected chi connectivity index (χ2v) is 5.08. The Morgan fingerprint density at radius 1 is 1.32 bits per heavy atom. The molecule has 1 fully saturated rings. The third-order valence-corrected chi connectivity index (χ3v) is 3.50. The van der Waals surface area contributed by atoms with Crippen LogP contribution in [0.25, 0.3) is 0 Å². The maximum Gasteiger partial charge on any atom is 0.264 e. The summed E-state index contributed by atoms with van der Waals surface area (Å²) in [5.41, 5.74) is -1.41. The van der Waals surface area contributed by atoms with Crippen molar-refractivity contribution in [2.75, 3.05) is 4.90 Å². The predicted molar refractivity (Wildman–Crippen MR) is 65.4 cm³/mol. The van der Waals surface area contributed by atoms with Gasteiger partial charge in [0.1, 0.15) is 11.3 Å². The molecule has 0 bridgehead atoms. The number of nitrogens with zero attached hydrogens (tertiary/aromatic N) is 3. The van der Waals surface area contributed by atoms with E-state index in [9.17, 15) is 14.0 Å². The maximum atomic E-state index is 12.9. The van der Waals surface area contributed by atoms with Crippen LogP contribution >= 0.6 is 11.6 Å². The highest BCUT2D eigenvalue weighted by molar-refractivity contribution is 6.26. The van der Waals surface area contributed by atoms with Gasteiger partial charge in [-0.1, -0.05) is 11.6 Å². The van der Waals surface area contributed by atoms with Gasteiger partial charge in [0, 0.05) is 6.42 Å². The van der Waals surface area contributed by atoms with Crippen LogP contribution in [-0.2, 0) is 9.59 Å². The fourth-order valence-corrected chi connectivity index (χ4v) is 2.65. The number of hydrogen-bond donors (Lipinski definition) is 0. The fraction of sp³-hybridized carbons (Fsp3) is 0.333. The summed E-state index contributed by atoms with van der Waals surface area (Å²) in [5, 5.41) is 7.61. The first-order valence-corrected chi connectivity index (χ1v) is 6.14. The van der Waals surface area contributed by atoms with Crippen LogP contribution in [0.5, 0.6) is 0 Å². The molecule has 1 saturated heterocycles. The standard InChI is InChI=1S/C12H9ClFN3O2/c13-9-5-12(16-15-9)6-10(18)17(11(12)19)8-3-1-7(14)2-4-8/h1-4,9H,5-6H2. The molecule has 3 rings (SSSR count). The van der Waals surface area contributed by atoms with Gasteiger partial charge in [-0.2, -0.15) is 10.2 Å². The molecule has 2 aliphatic rings. The molecule has 19 heavy (non-hydrogen) atoms. The molecule has 5 nitrogen and oxygen atoms in total. The Hall–Kier alpha value is -1.82. The molecular weight excluding hydrogens is 273 g/mol. The van der Waals surface area contributed by atoms with E-state index in [0.29, 0.717) is 5.69 Å². The first kappa shape index (κ1) is 12.2. The number of carbonyl (C=O) groups is 2. The van der Waals surface area contributed by atoms with E-state index in [4.69, 9.17) is 11.6 Å². The van der Waals surface area contributed by atoms with Crippen LogP contribution in [0.4, 0.5) is 10.1 Å². The smallest absolute Gasteiger partial charge is 0.264 e. The summed E-state index contributed by atoms with van der Waals surface area (Å²) >= 11 is 5.82. The molecule has 0 aromatic heterocycles. The van der Waals surface area contributed by atoms with Crippen molar-refractivity contribution in [3.05, 3.63) is 30.1 Å². The summed E-state index contributed by atoms with van der Waals surface area (Å²) in [6.07, 6.45) is 0.173. The molecule has 2 heterocycles. The molecule has 1 aromatic rings. The zero-order chi connectivity index (χ0) is 13.6. The first-order chi connectivity index (χ1) is 9.02. The average molecular weight is 282 g/mol. The average Bonchev–Trinajstić information content (AvgIpc) is 2.84. The van der Waals surface area contributed by atoms with Gasteiger partial charge >= 0.3 is 0 Å². The topological polar surface area (TPSA) is 62.1 Å².